The van der Waals surface area contributed by atoms with E-state index in [2.05, 4.69) is 86.8 Å². The quantitative estimate of drug-likeness (QED) is 0.0213. The molecule has 0 heterocycles. The van der Waals surface area contributed by atoms with Gasteiger partial charge in [-0.05, 0) is 89.5 Å². The van der Waals surface area contributed by atoms with Gasteiger partial charge in [-0.2, -0.15) is 0 Å². The normalized spacial score (nSPS) is 14.5. The molecule has 0 spiro atoms. The molecule has 0 rings (SSSR count). The van der Waals surface area contributed by atoms with E-state index in [1.165, 1.54) is 64.2 Å². The third-order valence-electron chi connectivity index (χ3n) is 11.1. The number of nitrogens with one attached hydrogen (secondary N) is 1. The molecule has 0 radical (unpaired) electrons. The Morgan fingerprint density at radius 3 is 1.55 bits per heavy atom. The fourth-order valence-corrected chi connectivity index (χ4v) is 7.74. The molecule has 0 aliphatic carbocycles. The van der Waals surface area contributed by atoms with Crippen molar-refractivity contribution in [1.29, 1.82) is 0 Å². The fourth-order valence-electron chi connectivity index (χ4n) is 7.02. The van der Waals surface area contributed by atoms with E-state index in [0.29, 0.717) is 23.9 Å². The first-order chi connectivity index (χ1) is 31.4. The van der Waals surface area contributed by atoms with E-state index < -0.39 is 26.6 Å². The van der Waals surface area contributed by atoms with E-state index in [1.807, 2.05) is 33.3 Å². The van der Waals surface area contributed by atoms with Crippen molar-refractivity contribution in [3.63, 3.8) is 0 Å². The summed E-state index contributed by atoms with van der Waals surface area (Å²) in [5, 5.41) is 2.99. The van der Waals surface area contributed by atoms with E-state index in [4.69, 9.17) is 13.8 Å². The number of quaternary nitrogens is 1. The van der Waals surface area contributed by atoms with E-state index in [0.717, 1.165) is 103 Å². The van der Waals surface area contributed by atoms with Crippen molar-refractivity contribution in [1.82, 2.24) is 5.32 Å². The summed E-state index contributed by atoms with van der Waals surface area (Å²) < 4.78 is 30.1. The summed E-state index contributed by atoms with van der Waals surface area (Å²) in [6, 6.07) is -0.908. The minimum atomic E-state index is -4.70. The molecule has 9 nitrogen and oxygen atoms in total. The van der Waals surface area contributed by atoms with Gasteiger partial charge in [-0.3, -0.25) is 14.2 Å². The van der Waals surface area contributed by atoms with Gasteiger partial charge >= 0.3 is 5.97 Å². The van der Waals surface area contributed by atoms with Crippen LogP contribution in [-0.4, -0.2) is 69.4 Å². The first-order valence-electron chi connectivity index (χ1n) is 26.2. The molecule has 0 saturated heterocycles. The molecule has 0 aliphatic rings. The monoisotopic (exact) mass is 931 g/mol. The zero-order valence-electron chi connectivity index (χ0n) is 42.7. The lowest BCUT2D eigenvalue weighted by Gasteiger charge is -2.30. The van der Waals surface area contributed by atoms with Crippen LogP contribution in [0, 0.1) is 0 Å². The van der Waals surface area contributed by atoms with Crippen LogP contribution in [0.15, 0.2) is 72.9 Å². The molecule has 0 aromatic carbocycles. The van der Waals surface area contributed by atoms with Gasteiger partial charge in [-0.25, -0.2) is 0 Å². The van der Waals surface area contributed by atoms with E-state index in [-0.39, 0.29) is 31.3 Å². The van der Waals surface area contributed by atoms with E-state index >= 15 is 0 Å². The van der Waals surface area contributed by atoms with Crippen LogP contribution in [0.2, 0.25) is 0 Å². The Morgan fingerprint density at radius 2 is 1.00 bits per heavy atom. The van der Waals surface area contributed by atoms with Crippen LogP contribution >= 0.6 is 7.82 Å². The molecular formula is C55H99N2O7P. The Hall–Kier alpha value is -2.55. The van der Waals surface area contributed by atoms with Crippen LogP contribution in [0.25, 0.3) is 0 Å². The summed E-state index contributed by atoms with van der Waals surface area (Å²) >= 11 is 0. The zero-order valence-corrected chi connectivity index (χ0v) is 43.6. The predicted octanol–water partition coefficient (Wildman–Crippen LogP) is 14.7. The van der Waals surface area contributed by atoms with Gasteiger partial charge < -0.3 is 28.5 Å². The highest BCUT2D eigenvalue weighted by Crippen LogP contribution is 2.38. The lowest BCUT2D eigenvalue weighted by molar-refractivity contribution is -0.870. The summed E-state index contributed by atoms with van der Waals surface area (Å²) in [4.78, 5) is 39.6. The molecule has 1 N–H and O–H groups in total. The largest absolute Gasteiger partial charge is 0.756 e. The van der Waals surface area contributed by atoms with Gasteiger partial charge in [0.2, 0.25) is 5.91 Å². The molecular weight excluding hydrogens is 832 g/mol. The topological polar surface area (TPSA) is 114 Å². The highest BCUT2D eigenvalue weighted by atomic mass is 31.2. The van der Waals surface area contributed by atoms with Gasteiger partial charge in [0.05, 0.1) is 33.8 Å². The Labute approximate surface area is 400 Å². The maximum Gasteiger partial charge on any atom is 0.306 e. The van der Waals surface area contributed by atoms with E-state index in [1.54, 1.807) is 0 Å². The average Bonchev–Trinajstić information content (AvgIpc) is 3.26. The van der Waals surface area contributed by atoms with Crippen LogP contribution in [0.3, 0.4) is 0 Å². The van der Waals surface area contributed by atoms with Crippen molar-refractivity contribution >= 4 is 19.7 Å². The second-order valence-corrected chi connectivity index (χ2v) is 20.0. The number of rotatable bonds is 46. The van der Waals surface area contributed by atoms with Gasteiger partial charge in [0, 0.05) is 12.8 Å². The standard InChI is InChI=1S/C55H99N2O7P/c1-7-10-13-16-19-22-25-27-28-29-30-33-35-38-41-44-47-54(58)56-52(51-63-65(60,61)62-50-49-57(4,5)6)53(46-43-40-37-34-32-26-23-20-17-14-11-8-2)64-55(59)48-45-42-39-36-31-24-21-18-15-12-9-3/h10,13,18-19,21-22,27-28,30,33,43,46,52-53H,7-9,11-12,14-17,20,23-26,29,31-32,34-42,44-45,47-51H2,1-6H3,(H-,56,58,60,61)/b13-10+,21-18-,22-19+,28-27+,33-30+,46-43-. The van der Waals surface area contributed by atoms with Crippen molar-refractivity contribution in [2.75, 3.05) is 40.9 Å². The van der Waals surface area contributed by atoms with Gasteiger partial charge in [0.1, 0.15) is 19.3 Å². The number of amides is 1. The molecule has 10 heteroatoms. The molecule has 0 aromatic rings. The van der Waals surface area contributed by atoms with Gasteiger partial charge in [0.15, 0.2) is 0 Å². The lowest BCUT2D eigenvalue weighted by atomic mass is 10.1. The van der Waals surface area contributed by atoms with Crippen molar-refractivity contribution in [2.24, 2.45) is 0 Å². The number of likely N-dealkylation sites (N-methyl/N-ethyl adjacent to an activating group) is 1. The summed E-state index contributed by atoms with van der Waals surface area (Å²) in [5.74, 6) is -0.595. The summed E-state index contributed by atoms with van der Waals surface area (Å²) in [6.45, 7) is 6.63. The third kappa shape index (κ3) is 46.4. The highest BCUT2D eigenvalue weighted by Gasteiger charge is 2.27. The smallest absolute Gasteiger partial charge is 0.306 e. The van der Waals surface area contributed by atoms with E-state index in [9.17, 15) is 19.0 Å². The number of allylic oxidation sites excluding steroid dienone is 11. The second-order valence-electron chi connectivity index (χ2n) is 18.6. The highest BCUT2D eigenvalue weighted by molar-refractivity contribution is 7.45. The number of ether oxygens (including phenoxy) is 1. The van der Waals surface area contributed by atoms with Crippen molar-refractivity contribution in [3.8, 4) is 0 Å². The maximum atomic E-state index is 13.4. The van der Waals surface area contributed by atoms with Crippen LogP contribution in [0.4, 0.5) is 0 Å². The molecule has 1 amide bonds. The second kappa shape index (κ2) is 45.2. The molecule has 65 heavy (non-hydrogen) atoms. The Morgan fingerprint density at radius 1 is 0.554 bits per heavy atom. The third-order valence-corrected chi connectivity index (χ3v) is 12.1. The van der Waals surface area contributed by atoms with Crippen molar-refractivity contribution in [2.45, 2.75) is 226 Å². The number of phosphoric ester groups is 1. The van der Waals surface area contributed by atoms with Crippen molar-refractivity contribution < 1.29 is 37.3 Å². The molecule has 0 bridgehead atoms. The summed E-state index contributed by atoms with van der Waals surface area (Å²) in [7, 11) is 1.15. The average molecular weight is 931 g/mol. The minimum Gasteiger partial charge on any atom is -0.756 e. The molecule has 3 unspecified atom stereocenters. The SMILES string of the molecule is CC/C=C/C/C=C/C/C=C/C/C=C/CCCCCC(=O)NC(COP(=O)([O-])OCC[N+](C)(C)C)C(/C=C\CCCCCCCCCCCC)OC(=O)CCCCCCC/C=C\CCCC. The number of unbranched alkanes of at least 4 members (excludes halogenated alkanes) is 20. The maximum absolute atomic E-state index is 13.4. The molecule has 0 fully saturated rings. The van der Waals surface area contributed by atoms with Gasteiger partial charge in [-0.1, -0.05) is 184 Å². The molecule has 0 saturated carbocycles. The number of nitrogens with zero attached hydrogens (tertiary/aromatic N) is 1. The number of phosphoric acid groups is 1. The van der Waals surface area contributed by atoms with Crippen LogP contribution in [-0.2, 0) is 27.9 Å². The summed E-state index contributed by atoms with van der Waals surface area (Å²) in [5.41, 5.74) is 0. The number of hydrogen-bond acceptors (Lipinski definition) is 7. The number of hydrogen-bond donors (Lipinski definition) is 1. The lowest BCUT2D eigenvalue weighted by Crippen LogP contribution is -2.47. The molecule has 0 aliphatic heterocycles. The van der Waals surface area contributed by atoms with Crippen molar-refractivity contribution in [3.05, 3.63) is 72.9 Å². The van der Waals surface area contributed by atoms with Crippen LogP contribution < -0.4 is 10.2 Å². The Kier molecular flexibility index (Phi) is 43.5. The Balaban J connectivity index is 5.49. The van der Waals surface area contributed by atoms with Gasteiger partial charge in [0.25, 0.3) is 7.82 Å². The first-order valence-corrected chi connectivity index (χ1v) is 27.7. The number of carbonyl (C=O) groups excluding carboxylic acids is 2. The Bertz CT molecular complexity index is 1350. The molecule has 3 atom stereocenters. The van der Waals surface area contributed by atoms with Gasteiger partial charge in [-0.15, -0.1) is 0 Å². The summed E-state index contributed by atoms with van der Waals surface area (Å²) in [6.07, 6.45) is 55.8. The van der Waals surface area contributed by atoms with Crippen LogP contribution in [0.5, 0.6) is 0 Å². The van der Waals surface area contributed by atoms with Crippen LogP contribution in [0.1, 0.15) is 213 Å². The minimum absolute atomic E-state index is 0.0327. The number of carbonyl (C=O) groups is 2. The fraction of sp³-hybridized carbons (Fsp3) is 0.745. The molecule has 376 valence electrons. The first kappa shape index (κ1) is 62.4. The zero-order chi connectivity index (χ0) is 48.0. The number of esters is 1. The molecule has 0 aromatic heterocycles. The predicted molar refractivity (Wildman–Crippen MR) is 275 cm³/mol.